The molecule has 26 heavy (non-hydrogen) atoms. The number of fused-ring (bicyclic) bond motifs is 1. The summed E-state index contributed by atoms with van der Waals surface area (Å²) in [6.07, 6.45) is 0. The molecule has 0 bridgehead atoms. The minimum absolute atomic E-state index is 0.00871. The van der Waals surface area contributed by atoms with E-state index in [-0.39, 0.29) is 41.9 Å². The number of rotatable bonds is 3. The molecule has 0 spiro atoms. The number of hydrogen-bond acceptors (Lipinski definition) is 3. The number of halogens is 1. The number of benzene rings is 2. The summed E-state index contributed by atoms with van der Waals surface area (Å²) in [5, 5.41) is 0. The Balaban J connectivity index is 1.65. The number of quaternary nitrogens is 1. The molecule has 2 aliphatic rings. The maximum absolute atomic E-state index is 13.1. The van der Waals surface area contributed by atoms with E-state index in [0.717, 1.165) is 16.2 Å². The molecule has 0 saturated carbocycles. The maximum atomic E-state index is 13.1. The van der Waals surface area contributed by atoms with Crippen LogP contribution < -0.4 is 9.80 Å². The number of nitrogens with zero attached hydrogens (tertiary/aromatic N) is 1. The van der Waals surface area contributed by atoms with Gasteiger partial charge in [-0.2, -0.15) is 0 Å². The summed E-state index contributed by atoms with van der Waals surface area (Å²) in [5.74, 6) is -0.322. The first-order valence-corrected chi connectivity index (χ1v) is 10.4. The largest absolute Gasteiger partial charge is 0.318 e. The van der Waals surface area contributed by atoms with Crippen LogP contribution in [0.3, 0.4) is 0 Å². The molecule has 3 atom stereocenters. The molecule has 2 aromatic rings. The highest BCUT2D eigenvalue weighted by molar-refractivity contribution is 7.91. The molecule has 2 saturated heterocycles. The maximum Gasteiger partial charge on any atom is 0.282 e. The highest BCUT2D eigenvalue weighted by Crippen LogP contribution is 2.26. The van der Waals surface area contributed by atoms with Crippen LogP contribution in [-0.4, -0.2) is 44.5 Å². The second-order valence-corrected chi connectivity index (χ2v) is 9.14. The van der Waals surface area contributed by atoms with E-state index >= 15 is 0 Å². The summed E-state index contributed by atoms with van der Waals surface area (Å²) in [6, 6.07) is 14.9. The van der Waals surface area contributed by atoms with Gasteiger partial charge in [-0.05, 0) is 24.3 Å². The Morgan fingerprint density at radius 1 is 1.04 bits per heavy atom. The third-order valence-corrected chi connectivity index (χ3v) is 6.92. The van der Waals surface area contributed by atoms with Crippen molar-refractivity contribution in [1.82, 2.24) is 0 Å². The predicted molar refractivity (Wildman–Crippen MR) is 96.1 cm³/mol. The van der Waals surface area contributed by atoms with Crippen molar-refractivity contribution in [2.75, 3.05) is 23.0 Å². The van der Waals surface area contributed by atoms with E-state index in [1.54, 1.807) is 17.0 Å². The average Bonchev–Trinajstić information content (AvgIpc) is 2.93. The highest BCUT2D eigenvalue weighted by atomic mass is 32.2. The van der Waals surface area contributed by atoms with Crippen molar-refractivity contribution in [2.45, 2.75) is 18.6 Å². The Morgan fingerprint density at radius 2 is 1.73 bits per heavy atom. The van der Waals surface area contributed by atoms with Gasteiger partial charge in [0.2, 0.25) is 0 Å². The van der Waals surface area contributed by atoms with Crippen molar-refractivity contribution in [3.05, 3.63) is 66.0 Å². The van der Waals surface area contributed by atoms with Gasteiger partial charge in [0, 0.05) is 11.3 Å². The first-order valence-electron chi connectivity index (χ1n) is 8.59. The lowest BCUT2D eigenvalue weighted by atomic mass is 10.0. The van der Waals surface area contributed by atoms with Crippen molar-refractivity contribution < 1.29 is 22.5 Å². The number of carbonyl (C=O) groups excluding carboxylic acids is 1. The average molecular weight is 375 g/mol. The monoisotopic (exact) mass is 375 g/mol. The van der Waals surface area contributed by atoms with Crippen LogP contribution in [0.4, 0.5) is 10.1 Å². The van der Waals surface area contributed by atoms with Crippen molar-refractivity contribution in [2.24, 2.45) is 0 Å². The van der Waals surface area contributed by atoms with Crippen LogP contribution in [0.1, 0.15) is 5.56 Å². The Bertz CT molecular complexity index is 916. The second-order valence-electron chi connectivity index (χ2n) is 6.99. The lowest BCUT2D eigenvalue weighted by Crippen LogP contribution is -3.19. The van der Waals surface area contributed by atoms with Crippen molar-refractivity contribution >= 4 is 21.4 Å². The molecule has 0 aromatic heterocycles. The van der Waals surface area contributed by atoms with Crippen LogP contribution in [-0.2, 0) is 21.2 Å². The number of para-hydroxylation sites is 1. The third kappa shape index (κ3) is 3.24. The number of sulfone groups is 1. The van der Waals surface area contributed by atoms with Gasteiger partial charge in [-0.3, -0.25) is 9.69 Å². The lowest BCUT2D eigenvalue weighted by Gasteiger charge is -2.40. The van der Waals surface area contributed by atoms with Crippen LogP contribution in [0, 0.1) is 5.82 Å². The fourth-order valence-corrected chi connectivity index (χ4v) is 6.09. The number of nitrogens with one attached hydrogen (secondary N) is 1. The summed E-state index contributed by atoms with van der Waals surface area (Å²) in [6.45, 7) is 0.730. The SMILES string of the molecule is O=C1C[NH+](Cc2ccc(F)cc2)[C@H]2CS(=O)(=O)C[C@H]2N1c1ccccc1. The minimum atomic E-state index is -3.20. The number of piperazine rings is 1. The molecule has 2 aromatic carbocycles. The fraction of sp³-hybridized carbons (Fsp3) is 0.316. The molecule has 7 heteroatoms. The molecule has 1 amide bonds. The van der Waals surface area contributed by atoms with Gasteiger partial charge in [0.15, 0.2) is 16.4 Å². The molecule has 2 aliphatic heterocycles. The Hall–Kier alpha value is -2.25. The van der Waals surface area contributed by atoms with E-state index in [4.69, 9.17) is 0 Å². The van der Waals surface area contributed by atoms with E-state index in [2.05, 4.69) is 0 Å². The first kappa shape index (κ1) is 17.2. The van der Waals surface area contributed by atoms with Crippen molar-refractivity contribution in [1.29, 1.82) is 0 Å². The van der Waals surface area contributed by atoms with E-state index in [0.29, 0.717) is 6.54 Å². The van der Waals surface area contributed by atoms with Gasteiger partial charge < -0.3 is 4.90 Å². The summed E-state index contributed by atoms with van der Waals surface area (Å²) in [7, 11) is -3.20. The fourth-order valence-electron chi connectivity index (χ4n) is 4.05. The summed E-state index contributed by atoms with van der Waals surface area (Å²) in [4.78, 5) is 15.4. The molecule has 4 rings (SSSR count). The molecule has 1 unspecified atom stereocenters. The number of amides is 1. The smallest absolute Gasteiger partial charge is 0.282 e. The van der Waals surface area contributed by atoms with Gasteiger partial charge in [0.25, 0.3) is 5.91 Å². The summed E-state index contributed by atoms with van der Waals surface area (Å²) in [5.41, 5.74) is 1.64. The molecule has 0 radical (unpaired) electrons. The summed E-state index contributed by atoms with van der Waals surface area (Å²) < 4.78 is 37.8. The molecule has 1 N–H and O–H groups in total. The van der Waals surface area contributed by atoms with Gasteiger partial charge in [-0.1, -0.05) is 30.3 Å². The van der Waals surface area contributed by atoms with Gasteiger partial charge in [-0.15, -0.1) is 0 Å². The van der Waals surface area contributed by atoms with Gasteiger partial charge in [0.1, 0.15) is 30.2 Å². The molecular weight excluding hydrogens is 355 g/mol. The predicted octanol–water partition coefficient (Wildman–Crippen LogP) is 0.423. The zero-order valence-corrected chi connectivity index (χ0v) is 15.0. The van der Waals surface area contributed by atoms with Crippen LogP contribution in [0.2, 0.25) is 0 Å². The highest BCUT2D eigenvalue weighted by Gasteiger charge is 2.52. The molecule has 136 valence electrons. The molecular formula is C19H20FN2O3S+. The van der Waals surface area contributed by atoms with E-state index in [9.17, 15) is 17.6 Å². The van der Waals surface area contributed by atoms with Gasteiger partial charge in [-0.25, -0.2) is 12.8 Å². The summed E-state index contributed by atoms with van der Waals surface area (Å²) >= 11 is 0. The van der Waals surface area contributed by atoms with Crippen molar-refractivity contribution in [3.63, 3.8) is 0 Å². The molecule has 2 heterocycles. The van der Waals surface area contributed by atoms with Crippen LogP contribution >= 0.6 is 0 Å². The lowest BCUT2D eigenvalue weighted by molar-refractivity contribution is -0.931. The molecule has 0 aliphatic carbocycles. The van der Waals surface area contributed by atoms with E-state index < -0.39 is 9.84 Å². The quantitative estimate of drug-likeness (QED) is 0.846. The minimum Gasteiger partial charge on any atom is -0.318 e. The Morgan fingerprint density at radius 3 is 2.42 bits per heavy atom. The first-order chi connectivity index (χ1) is 12.4. The van der Waals surface area contributed by atoms with E-state index in [1.165, 1.54) is 12.1 Å². The number of hydrogen-bond donors (Lipinski definition) is 1. The van der Waals surface area contributed by atoms with Gasteiger partial charge >= 0.3 is 0 Å². The third-order valence-electron chi connectivity index (χ3n) is 5.20. The standard InChI is InChI=1S/C19H19FN2O3S/c20-15-8-6-14(7-9-15)10-21-11-19(23)22(16-4-2-1-3-5-16)18-13-26(24,25)12-17(18)21/h1-9,17-18H,10-13H2/p+1/t17-,18+/m0/s1. The Kier molecular flexibility index (Phi) is 4.28. The number of carbonyl (C=O) groups is 1. The van der Waals surface area contributed by atoms with Gasteiger partial charge in [0.05, 0.1) is 5.75 Å². The van der Waals surface area contributed by atoms with Crippen LogP contribution in [0.25, 0.3) is 0 Å². The second kappa shape index (κ2) is 6.48. The molecule has 5 nitrogen and oxygen atoms in total. The van der Waals surface area contributed by atoms with Crippen LogP contribution in [0.15, 0.2) is 54.6 Å². The van der Waals surface area contributed by atoms with Crippen LogP contribution in [0.5, 0.6) is 0 Å². The zero-order valence-electron chi connectivity index (χ0n) is 14.1. The van der Waals surface area contributed by atoms with Crippen molar-refractivity contribution in [3.8, 4) is 0 Å². The Labute approximate surface area is 152 Å². The molecule has 2 fully saturated rings. The topological polar surface area (TPSA) is 58.9 Å². The normalized spacial score (nSPS) is 27.3. The number of anilines is 1. The zero-order chi connectivity index (χ0) is 18.3. The van der Waals surface area contributed by atoms with E-state index in [1.807, 2.05) is 30.3 Å².